The highest BCUT2D eigenvalue weighted by atomic mass is 35.5. The van der Waals surface area contributed by atoms with Gasteiger partial charge in [-0.25, -0.2) is 4.39 Å². The van der Waals surface area contributed by atoms with Gasteiger partial charge in [-0.05, 0) is 36.8 Å². The number of hydrogen-bond acceptors (Lipinski definition) is 2. The molecule has 5 heteroatoms. The molecule has 2 aromatic rings. The van der Waals surface area contributed by atoms with Crippen LogP contribution in [0.25, 0.3) is 0 Å². The number of carbonyl (C=O) groups is 1. The van der Waals surface area contributed by atoms with Gasteiger partial charge >= 0.3 is 0 Å². The van der Waals surface area contributed by atoms with Gasteiger partial charge in [0.25, 0.3) is 5.91 Å². The molecule has 0 fully saturated rings. The first-order chi connectivity index (χ1) is 10.0. The second kappa shape index (κ2) is 6.87. The summed E-state index contributed by atoms with van der Waals surface area (Å²) < 4.78 is 14.6. The molecule has 1 heterocycles. The molecule has 110 valence electrons. The second-order valence-electron chi connectivity index (χ2n) is 4.66. The molecule has 0 N–H and O–H groups in total. The Bertz CT molecular complexity index is 668. The van der Waals surface area contributed by atoms with Gasteiger partial charge in [-0.15, -0.1) is 17.9 Å². The van der Waals surface area contributed by atoms with E-state index in [1.54, 1.807) is 30.0 Å². The smallest absolute Gasteiger partial charge is 0.257 e. The lowest BCUT2D eigenvalue weighted by Gasteiger charge is -2.21. The van der Waals surface area contributed by atoms with E-state index >= 15 is 0 Å². The zero-order chi connectivity index (χ0) is 15.4. The van der Waals surface area contributed by atoms with Crippen LogP contribution in [0.5, 0.6) is 0 Å². The maximum Gasteiger partial charge on any atom is 0.257 e. The fourth-order valence-electron chi connectivity index (χ4n) is 1.96. The number of hydrogen-bond donors (Lipinski definition) is 0. The zero-order valence-corrected chi connectivity index (χ0v) is 13.2. The van der Waals surface area contributed by atoms with Crippen LogP contribution in [0, 0.1) is 12.7 Å². The summed E-state index contributed by atoms with van der Waals surface area (Å²) in [6.07, 6.45) is 1.62. The number of halogens is 2. The standard InChI is InChI=1S/C16H15ClFNOS/c1-3-8-19(10-12-5-7-15(17)21-12)16(20)13-6-4-11(2)9-14(13)18/h3-7,9H,1,8,10H2,2H3. The Hall–Kier alpha value is -1.65. The van der Waals surface area contributed by atoms with Gasteiger partial charge in [0.15, 0.2) is 0 Å². The summed E-state index contributed by atoms with van der Waals surface area (Å²) in [5.74, 6) is -0.852. The third-order valence-corrected chi connectivity index (χ3v) is 4.18. The van der Waals surface area contributed by atoms with E-state index < -0.39 is 5.82 Å². The monoisotopic (exact) mass is 323 g/mol. The molecule has 0 aliphatic rings. The highest BCUT2D eigenvalue weighted by Gasteiger charge is 2.19. The normalized spacial score (nSPS) is 10.4. The Morgan fingerprint density at radius 2 is 2.19 bits per heavy atom. The summed E-state index contributed by atoms with van der Waals surface area (Å²) in [7, 11) is 0. The fraction of sp³-hybridized carbons (Fsp3) is 0.188. The molecule has 0 saturated heterocycles. The van der Waals surface area contributed by atoms with Gasteiger partial charge in [-0.1, -0.05) is 23.7 Å². The van der Waals surface area contributed by atoms with Crippen LogP contribution in [0.1, 0.15) is 20.8 Å². The summed E-state index contributed by atoms with van der Waals surface area (Å²) in [6.45, 7) is 6.17. The summed E-state index contributed by atoms with van der Waals surface area (Å²) in [5.41, 5.74) is 0.856. The van der Waals surface area contributed by atoms with Crippen molar-refractivity contribution in [2.75, 3.05) is 6.54 Å². The highest BCUT2D eigenvalue weighted by Crippen LogP contribution is 2.23. The van der Waals surface area contributed by atoms with E-state index in [2.05, 4.69) is 6.58 Å². The van der Waals surface area contributed by atoms with Gasteiger partial charge in [0.05, 0.1) is 16.4 Å². The predicted octanol–water partition coefficient (Wildman–Crippen LogP) is 4.68. The first-order valence-electron chi connectivity index (χ1n) is 6.42. The summed E-state index contributed by atoms with van der Waals surface area (Å²) in [6, 6.07) is 8.25. The van der Waals surface area contributed by atoms with Crippen molar-refractivity contribution < 1.29 is 9.18 Å². The molecule has 0 bridgehead atoms. The Kier molecular flexibility index (Phi) is 5.15. The molecule has 0 aliphatic heterocycles. The van der Waals surface area contributed by atoms with Gasteiger partial charge in [0, 0.05) is 11.4 Å². The minimum Gasteiger partial charge on any atom is -0.330 e. The molecule has 1 aromatic carbocycles. The van der Waals surface area contributed by atoms with Crippen molar-refractivity contribution >= 4 is 28.8 Å². The average Bonchev–Trinajstić information content (AvgIpc) is 2.83. The van der Waals surface area contributed by atoms with Gasteiger partial charge < -0.3 is 4.90 Å². The van der Waals surface area contributed by atoms with E-state index in [1.165, 1.54) is 23.5 Å². The Balaban J connectivity index is 2.24. The van der Waals surface area contributed by atoms with Crippen molar-refractivity contribution in [1.82, 2.24) is 4.90 Å². The average molecular weight is 324 g/mol. The van der Waals surface area contributed by atoms with Crippen LogP contribution < -0.4 is 0 Å². The molecule has 21 heavy (non-hydrogen) atoms. The fourth-order valence-corrected chi connectivity index (χ4v) is 3.07. The van der Waals surface area contributed by atoms with Crippen LogP contribution in [-0.2, 0) is 6.54 Å². The number of thiophene rings is 1. The van der Waals surface area contributed by atoms with Gasteiger partial charge in [0.1, 0.15) is 5.82 Å². The van der Waals surface area contributed by atoms with Gasteiger partial charge in [-0.3, -0.25) is 4.79 Å². The van der Waals surface area contributed by atoms with Crippen molar-refractivity contribution in [3.8, 4) is 0 Å². The highest BCUT2D eigenvalue weighted by molar-refractivity contribution is 7.16. The largest absolute Gasteiger partial charge is 0.330 e. The molecule has 2 nitrogen and oxygen atoms in total. The first-order valence-corrected chi connectivity index (χ1v) is 7.61. The van der Waals surface area contributed by atoms with Crippen molar-refractivity contribution in [2.45, 2.75) is 13.5 Å². The van der Waals surface area contributed by atoms with Crippen LogP contribution in [0.15, 0.2) is 43.0 Å². The summed E-state index contributed by atoms with van der Waals surface area (Å²) in [5, 5.41) is 0. The van der Waals surface area contributed by atoms with Crippen LogP contribution in [0.2, 0.25) is 4.34 Å². The van der Waals surface area contributed by atoms with Crippen molar-refractivity contribution in [3.05, 3.63) is 69.1 Å². The molecule has 1 amide bonds. The first kappa shape index (κ1) is 15.7. The maximum absolute atomic E-state index is 14.0. The number of carbonyl (C=O) groups excluding carboxylic acids is 1. The molecule has 0 atom stereocenters. The molecule has 0 spiro atoms. The van der Waals surface area contributed by atoms with Crippen molar-refractivity contribution in [1.29, 1.82) is 0 Å². The van der Waals surface area contributed by atoms with E-state index in [-0.39, 0.29) is 11.5 Å². The zero-order valence-electron chi connectivity index (χ0n) is 11.6. The second-order valence-corrected chi connectivity index (χ2v) is 6.46. The number of nitrogens with zero attached hydrogens (tertiary/aromatic N) is 1. The maximum atomic E-state index is 14.0. The van der Waals surface area contributed by atoms with Gasteiger partial charge in [0.2, 0.25) is 0 Å². The molecule has 1 aromatic heterocycles. The Morgan fingerprint density at radius 3 is 2.76 bits per heavy atom. The summed E-state index contributed by atoms with van der Waals surface area (Å²) in [4.78, 5) is 15.0. The van der Waals surface area contributed by atoms with E-state index in [9.17, 15) is 9.18 Å². The minimum absolute atomic E-state index is 0.0742. The van der Waals surface area contributed by atoms with Crippen molar-refractivity contribution in [3.63, 3.8) is 0 Å². The van der Waals surface area contributed by atoms with Gasteiger partial charge in [-0.2, -0.15) is 0 Å². The Morgan fingerprint density at radius 1 is 1.43 bits per heavy atom. The predicted molar refractivity (Wildman–Crippen MR) is 85.4 cm³/mol. The van der Waals surface area contributed by atoms with Crippen LogP contribution in [-0.4, -0.2) is 17.4 Å². The SMILES string of the molecule is C=CCN(Cc1ccc(Cl)s1)C(=O)c1ccc(C)cc1F. The van der Waals surface area contributed by atoms with Crippen LogP contribution in [0.4, 0.5) is 4.39 Å². The Labute approximate surface area is 132 Å². The van der Waals surface area contributed by atoms with E-state index in [0.29, 0.717) is 17.4 Å². The van der Waals surface area contributed by atoms with Crippen LogP contribution >= 0.6 is 22.9 Å². The van der Waals surface area contributed by atoms with E-state index in [1.807, 2.05) is 6.07 Å². The quantitative estimate of drug-likeness (QED) is 0.732. The van der Waals surface area contributed by atoms with Crippen LogP contribution in [0.3, 0.4) is 0 Å². The lowest BCUT2D eigenvalue weighted by Crippen LogP contribution is -2.31. The van der Waals surface area contributed by atoms with Crippen molar-refractivity contribution in [2.24, 2.45) is 0 Å². The van der Waals surface area contributed by atoms with E-state index in [4.69, 9.17) is 11.6 Å². The molecular formula is C16H15ClFNOS. The lowest BCUT2D eigenvalue weighted by atomic mass is 10.1. The van der Waals surface area contributed by atoms with E-state index in [0.717, 1.165) is 10.4 Å². The number of amides is 1. The lowest BCUT2D eigenvalue weighted by molar-refractivity contribution is 0.0759. The minimum atomic E-state index is -0.502. The molecule has 0 aliphatic carbocycles. The molecule has 0 radical (unpaired) electrons. The number of aryl methyl sites for hydroxylation is 1. The third kappa shape index (κ3) is 3.93. The summed E-state index contributed by atoms with van der Waals surface area (Å²) >= 11 is 7.30. The third-order valence-electron chi connectivity index (χ3n) is 2.97. The topological polar surface area (TPSA) is 20.3 Å². The number of rotatable bonds is 5. The molecular weight excluding hydrogens is 309 g/mol. The number of benzene rings is 1. The molecule has 0 unspecified atom stereocenters. The molecule has 0 saturated carbocycles. The molecule has 2 rings (SSSR count).